The van der Waals surface area contributed by atoms with Gasteiger partial charge in [0.15, 0.2) is 11.6 Å². The Hall–Kier alpha value is -2.71. The van der Waals surface area contributed by atoms with Crippen LogP contribution in [0.25, 0.3) is 0 Å². The molecule has 0 bridgehead atoms. The van der Waals surface area contributed by atoms with Crippen molar-refractivity contribution in [2.24, 2.45) is 17.8 Å². The molecule has 4 rings (SSSR count). The molecule has 9 heteroatoms. The molecule has 2 fully saturated rings. The van der Waals surface area contributed by atoms with E-state index in [1.807, 2.05) is 6.07 Å². The van der Waals surface area contributed by atoms with Crippen LogP contribution in [0.15, 0.2) is 48.6 Å². The first kappa shape index (κ1) is 35.1. The zero-order chi connectivity index (χ0) is 32.5. The smallest absolute Gasteiger partial charge is 0.432 e. The molecule has 2 nitrogen and oxygen atoms in total. The number of hydrogen-bond acceptors (Lipinski definition) is 2. The fraction of sp³-hybridized carbons (Fsp3) is 0.611. The lowest BCUT2D eigenvalue weighted by molar-refractivity contribution is -0.275. The summed E-state index contributed by atoms with van der Waals surface area (Å²) in [6.45, 7) is 2.21. The van der Waals surface area contributed by atoms with Crippen LogP contribution in [0.2, 0.25) is 0 Å². The summed E-state index contributed by atoms with van der Waals surface area (Å²) >= 11 is 0. The van der Waals surface area contributed by atoms with E-state index < -0.39 is 35.7 Å². The van der Waals surface area contributed by atoms with Crippen LogP contribution in [0.5, 0.6) is 11.5 Å². The van der Waals surface area contributed by atoms with Crippen molar-refractivity contribution in [2.75, 3.05) is 0 Å². The van der Waals surface area contributed by atoms with Crippen molar-refractivity contribution in [1.29, 1.82) is 0 Å². The number of unbranched alkanes of at least 4 members (excludes halogenated alkanes) is 5. The molecule has 250 valence electrons. The summed E-state index contributed by atoms with van der Waals surface area (Å²) < 4.78 is 104. The van der Waals surface area contributed by atoms with Crippen LogP contribution in [0.1, 0.15) is 114 Å². The molecule has 2 aromatic rings. The second-order valence-electron chi connectivity index (χ2n) is 12.8. The first-order valence-corrected chi connectivity index (χ1v) is 16.5. The highest BCUT2D eigenvalue weighted by atomic mass is 19.4. The molecule has 2 aromatic carbocycles. The first-order valence-electron chi connectivity index (χ1n) is 16.5. The first-order chi connectivity index (χ1) is 21.4. The quantitative estimate of drug-likeness (QED) is 0.116. The van der Waals surface area contributed by atoms with Gasteiger partial charge >= 0.3 is 12.5 Å². The minimum atomic E-state index is -5.10. The van der Waals surface area contributed by atoms with Crippen LogP contribution in [0, 0.1) is 29.4 Å². The lowest BCUT2D eigenvalue weighted by atomic mass is 9.77. The summed E-state index contributed by atoms with van der Waals surface area (Å²) in [5, 5.41) is 0. The number of rotatable bonds is 14. The number of benzene rings is 2. The lowest BCUT2D eigenvalue weighted by Gasteiger charge is -2.33. The summed E-state index contributed by atoms with van der Waals surface area (Å²) in [6.07, 6.45) is 9.18. The molecule has 0 unspecified atom stereocenters. The number of hydrogen-bond donors (Lipinski definition) is 0. The second-order valence-corrected chi connectivity index (χ2v) is 12.8. The Balaban J connectivity index is 1.18. The standard InChI is InChI=1S/C36H45F7O2/c1-2-3-4-5-6-7-8-27-15-21-31(32(37)23-27)28-16-11-25(12-17-28)9-10-26-13-18-29(19-14-26)35(39,40)44-30-20-22-34(33(38)24-30)45-36(41,42)43/h9-10,15,20-26,28-29H,2-8,11-14,16-19H2,1H3/b10-9+. The Morgan fingerprint density at radius 2 is 1.31 bits per heavy atom. The van der Waals surface area contributed by atoms with E-state index in [0.717, 1.165) is 55.7 Å². The van der Waals surface area contributed by atoms with E-state index in [9.17, 15) is 30.7 Å². The van der Waals surface area contributed by atoms with Crippen molar-refractivity contribution >= 4 is 0 Å². The van der Waals surface area contributed by atoms with Crippen molar-refractivity contribution in [3.63, 3.8) is 0 Å². The van der Waals surface area contributed by atoms with Crippen molar-refractivity contribution in [1.82, 2.24) is 0 Å². The van der Waals surface area contributed by atoms with Crippen molar-refractivity contribution in [3.8, 4) is 11.5 Å². The maximum atomic E-state index is 15.0. The predicted molar refractivity (Wildman–Crippen MR) is 161 cm³/mol. The third-order valence-electron chi connectivity index (χ3n) is 9.38. The van der Waals surface area contributed by atoms with Gasteiger partial charge in [0.25, 0.3) is 0 Å². The monoisotopic (exact) mass is 642 g/mol. The molecule has 0 amide bonds. The molecule has 0 spiro atoms. The molecule has 0 heterocycles. The highest BCUT2D eigenvalue weighted by molar-refractivity contribution is 5.33. The molecule has 45 heavy (non-hydrogen) atoms. The summed E-state index contributed by atoms with van der Waals surface area (Å²) in [6, 6.07) is 7.71. The Bertz CT molecular complexity index is 1230. The van der Waals surface area contributed by atoms with Gasteiger partial charge in [-0.05, 0) is 111 Å². The maximum Gasteiger partial charge on any atom is 0.573 e. The topological polar surface area (TPSA) is 18.5 Å². The largest absolute Gasteiger partial charge is 0.573 e. The predicted octanol–water partition coefficient (Wildman–Crippen LogP) is 12.1. The van der Waals surface area contributed by atoms with Gasteiger partial charge in [-0.3, -0.25) is 0 Å². The fourth-order valence-electron chi connectivity index (χ4n) is 6.74. The molecule has 0 N–H and O–H groups in total. The van der Waals surface area contributed by atoms with Crippen LogP contribution >= 0.6 is 0 Å². The van der Waals surface area contributed by atoms with Crippen LogP contribution in [-0.4, -0.2) is 12.5 Å². The molecular weight excluding hydrogens is 597 g/mol. The molecule has 2 aliphatic carbocycles. The van der Waals surface area contributed by atoms with Crippen molar-refractivity contribution in [2.45, 2.75) is 122 Å². The van der Waals surface area contributed by atoms with Crippen molar-refractivity contribution < 1.29 is 40.2 Å². The van der Waals surface area contributed by atoms with Gasteiger partial charge in [0, 0.05) is 6.07 Å². The Labute approximate surface area is 262 Å². The Morgan fingerprint density at radius 3 is 1.91 bits per heavy atom. The van der Waals surface area contributed by atoms with Gasteiger partial charge in [0.2, 0.25) is 0 Å². The number of alkyl halides is 5. The van der Waals surface area contributed by atoms with Gasteiger partial charge in [-0.1, -0.05) is 63.3 Å². The minimum Gasteiger partial charge on any atom is -0.432 e. The normalized spacial score (nSPS) is 22.9. The SMILES string of the molecule is CCCCCCCCc1ccc(C2CCC(/C=C/C3CCC(C(F)(F)Oc4ccc(OC(F)(F)F)c(F)c4)CC3)CC2)c(F)c1. The van der Waals surface area contributed by atoms with E-state index in [1.165, 1.54) is 32.1 Å². The zero-order valence-electron chi connectivity index (χ0n) is 26.0. The number of halogens is 7. The summed E-state index contributed by atoms with van der Waals surface area (Å²) in [4.78, 5) is 0. The van der Waals surface area contributed by atoms with Gasteiger partial charge in [-0.15, -0.1) is 13.2 Å². The summed E-state index contributed by atoms with van der Waals surface area (Å²) in [5.41, 5.74) is 1.89. The van der Waals surface area contributed by atoms with Gasteiger partial charge in [-0.2, -0.15) is 8.78 Å². The van der Waals surface area contributed by atoms with Gasteiger partial charge in [0.05, 0.1) is 5.92 Å². The number of ether oxygens (including phenoxy) is 2. The van der Waals surface area contributed by atoms with E-state index >= 15 is 0 Å². The molecular formula is C36H45F7O2. The molecule has 0 radical (unpaired) electrons. The third-order valence-corrected chi connectivity index (χ3v) is 9.38. The Morgan fingerprint density at radius 1 is 0.689 bits per heavy atom. The number of aryl methyl sites for hydroxylation is 1. The van der Waals surface area contributed by atoms with Crippen LogP contribution in [0.4, 0.5) is 30.7 Å². The van der Waals surface area contributed by atoms with Gasteiger partial charge < -0.3 is 9.47 Å². The molecule has 0 saturated heterocycles. The summed E-state index contributed by atoms with van der Waals surface area (Å²) in [7, 11) is 0. The van der Waals surface area contributed by atoms with Crippen LogP contribution < -0.4 is 9.47 Å². The van der Waals surface area contributed by atoms with Crippen LogP contribution in [-0.2, 0) is 6.42 Å². The highest BCUT2D eigenvalue weighted by Gasteiger charge is 2.44. The van der Waals surface area contributed by atoms with E-state index in [-0.39, 0.29) is 30.5 Å². The average Bonchev–Trinajstić information content (AvgIpc) is 2.99. The zero-order valence-corrected chi connectivity index (χ0v) is 26.0. The Kier molecular flexibility index (Phi) is 12.7. The summed E-state index contributed by atoms with van der Waals surface area (Å²) in [5.74, 6) is -3.51. The molecule has 0 atom stereocenters. The fourth-order valence-corrected chi connectivity index (χ4v) is 6.74. The van der Waals surface area contributed by atoms with E-state index in [0.29, 0.717) is 30.9 Å². The molecule has 2 aliphatic rings. The molecule has 2 saturated carbocycles. The van der Waals surface area contributed by atoms with E-state index in [1.54, 1.807) is 6.07 Å². The molecule has 0 aromatic heterocycles. The van der Waals surface area contributed by atoms with E-state index in [2.05, 4.69) is 29.9 Å². The molecule has 0 aliphatic heterocycles. The van der Waals surface area contributed by atoms with Crippen LogP contribution in [0.3, 0.4) is 0 Å². The maximum absolute atomic E-state index is 15.0. The lowest BCUT2D eigenvalue weighted by Crippen LogP contribution is -2.37. The third kappa shape index (κ3) is 11.0. The van der Waals surface area contributed by atoms with Gasteiger partial charge in [0.1, 0.15) is 11.6 Å². The van der Waals surface area contributed by atoms with E-state index in [4.69, 9.17) is 4.74 Å². The van der Waals surface area contributed by atoms with Gasteiger partial charge in [-0.25, -0.2) is 8.78 Å². The highest BCUT2D eigenvalue weighted by Crippen LogP contribution is 2.42. The number of allylic oxidation sites excluding steroid dienone is 2. The second kappa shape index (κ2) is 16.2. The average molecular weight is 643 g/mol. The minimum absolute atomic E-state index is 0.0902. The van der Waals surface area contributed by atoms with Crippen molar-refractivity contribution in [3.05, 3.63) is 71.3 Å².